The van der Waals surface area contributed by atoms with Crippen LogP contribution in [0.1, 0.15) is 62.3 Å². The van der Waals surface area contributed by atoms with Gasteiger partial charge in [-0.3, -0.25) is 14.5 Å². The molecule has 45 heavy (non-hydrogen) atoms. The smallest absolute Gasteiger partial charge is 0.416 e. The minimum atomic E-state index is -4.45. The molecule has 4 aliphatic rings. The second kappa shape index (κ2) is 11.4. The van der Waals surface area contributed by atoms with E-state index in [0.29, 0.717) is 43.1 Å². The third kappa shape index (κ3) is 5.45. The van der Waals surface area contributed by atoms with Gasteiger partial charge in [-0.1, -0.05) is 32.4 Å². The number of phenols is 1. The number of amides is 1. The number of benzene rings is 2. The van der Waals surface area contributed by atoms with E-state index >= 15 is 0 Å². The van der Waals surface area contributed by atoms with Gasteiger partial charge >= 0.3 is 12.1 Å². The molecule has 1 saturated heterocycles. The van der Waals surface area contributed by atoms with Gasteiger partial charge in [-0.2, -0.15) is 13.2 Å². The average molecular weight is 623 g/mol. The van der Waals surface area contributed by atoms with E-state index in [1.807, 2.05) is 19.9 Å². The highest BCUT2D eigenvalue weighted by molar-refractivity contribution is 5.94. The summed E-state index contributed by atoms with van der Waals surface area (Å²) in [5, 5.41) is 11.0. The van der Waals surface area contributed by atoms with E-state index in [2.05, 4.69) is 23.3 Å². The number of alkyl halides is 3. The fraction of sp³-hybridized carbons (Fsp3) is 0.486. The van der Waals surface area contributed by atoms with Crippen LogP contribution in [-0.4, -0.2) is 64.6 Å². The minimum Gasteiger partial charge on any atom is -0.504 e. The molecule has 2 heterocycles. The molecule has 7 nitrogen and oxygen atoms in total. The minimum absolute atomic E-state index is 0.0861. The fourth-order valence-electron chi connectivity index (χ4n) is 8.28. The number of hydrogen-bond donors (Lipinski definition) is 1. The van der Waals surface area contributed by atoms with Crippen LogP contribution in [0.25, 0.3) is 0 Å². The molecule has 2 aromatic carbocycles. The van der Waals surface area contributed by atoms with Crippen molar-refractivity contribution in [2.45, 2.75) is 76.2 Å². The zero-order valence-electron chi connectivity index (χ0n) is 25.6. The number of halogens is 3. The average Bonchev–Trinajstić information content (AvgIpc) is 3.32. The van der Waals surface area contributed by atoms with Gasteiger partial charge in [-0.05, 0) is 80.0 Å². The number of aromatic hydroxyl groups is 1. The van der Waals surface area contributed by atoms with Crippen LogP contribution in [0.5, 0.6) is 11.5 Å². The molecule has 6 rings (SSSR count). The van der Waals surface area contributed by atoms with Crippen molar-refractivity contribution >= 4 is 11.9 Å². The van der Waals surface area contributed by atoms with Crippen molar-refractivity contribution in [1.82, 2.24) is 9.80 Å². The molecule has 2 aliphatic carbocycles. The number of carbonyl (C=O) groups is 2. The van der Waals surface area contributed by atoms with Crippen molar-refractivity contribution in [3.63, 3.8) is 0 Å². The van der Waals surface area contributed by atoms with Crippen LogP contribution in [0.4, 0.5) is 13.2 Å². The van der Waals surface area contributed by atoms with Gasteiger partial charge in [0.2, 0.25) is 0 Å². The van der Waals surface area contributed by atoms with E-state index < -0.39 is 35.1 Å². The number of hydrogen-bond acceptors (Lipinski definition) is 6. The molecular weight excluding hydrogens is 585 g/mol. The fourth-order valence-corrected chi connectivity index (χ4v) is 8.28. The van der Waals surface area contributed by atoms with Crippen molar-refractivity contribution in [2.24, 2.45) is 11.8 Å². The van der Waals surface area contributed by atoms with Crippen LogP contribution in [0, 0.1) is 23.7 Å². The Morgan fingerprint density at radius 1 is 1.20 bits per heavy atom. The van der Waals surface area contributed by atoms with E-state index in [4.69, 9.17) is 9.47 Å². The van der Waals surface area contributed by atoms with Gasteiger partial charge in [0.1, 0.15) is 11.9 Å². The first-order valence-electron chi connectivity index (χ1n) is 15.4. The number of ether oxygens (including phenoxy) is 2. The summed E-state index contributed by atoms with van der Waals surface area (Å²) < 4.78 is 51.0. The number of esters is 1. The molecule has 2 aliphatic heterocycles. The maximum absolute atomic E-state index is 13.8. The van der Waals surface area contributed by atoms with Gasteiger partial charge in [-0.25, -0.2) is 0 Å². The highest BCUT2D eigenvalue weighted by Crippen LogP contribution is 2.64. The lowest BCUT2D eigenvalue weighted by molar-refractivity contribution is -0.140. The largest absolute Gasteiger partial charge is 0.504 e. The monoisotopic (exact) mass is 622 g/mol. The number of rotatable bonds is 6. The van der Waals surface area contributed by atoms with Gasteiger partial charge in [0.15, 0.2) is 11.5 Å². The van der Waals surface area contributed by atoms with E-state index in [0.717, 1.165) is 42.5 Å². The second-order valence-corrected chi connectivity index (χ2v) is 13.1. The summed E-state index contributed by atoms with van der Waals surface area (Å²) in [6, 6.07) is 7.91. The first-order chi connectivity index (χ1) is 21.3. The standard InChI is InChI=1S/C35H37F3N2O5/c1-20(2)18-40(30(43)14-7-23-5-9-25(10-6-23)35(36,37)38)27-12-11-26-28-17-24-8-13-29(42)32-31(24)34(26,33(27)45-32)15-16-39(28)19-21(3)44-22(4)41/h5-6,8-10,13,20,26-28,33,42H,3,11-12,15-19H2,1-2,4H3/t26-,27+,28+,33-,34-/m0/s1. The maximum Gasteiger partial charge on any atom is 0.416 e. The lowest BCUT2D eigenvalue weighted by Gasteiger charge is -2.60. The summed E-state index contributed by atoms with van der Waals surface area (Å²) in [5.41, 5.74) is 1.28. The topological polar surface area (TPSA) is 79.3 Å². The number of nitrogens with zero attached hydrogens (tertiary/aromatic N) is 2. The van der Waals surface area contributed by atoms with Gasteiger partial charge in [0.05, 0.1) is 18.2 Å². The van der Waals surface area contributed by atoms with Crippen LogP contribution < -0.4 is 4.74 Å². The van der Waals surface area contributed by atoms with Crippen molar-refractivity contribution in [3.8, 4) is 23.3 Å². The Hall–Kier alpha value is -3.97. The van der Waals surface area contributed by atoms with Crippen LogP contribution in [0.3, 0.4) is 0 Å². The summed E-state index contributed by atoms with van der Waals surface area (Å²) in [4.78, 5) is 29.5. The van der Waals surface area contributed by atoms with E-state index in [9.17, 15) is 27.9 Å². The second-order valence-electron chi connectivity index (χ2n) is 13.1. The maximum atomic E-state index is 13.8. The molecule has 0 radical (unpaired) electrons. The molecular formula is C35H37F3N2O5. The first kappa shape index (κ1) is 31.0. The molecule has 1 N–H and O–H groups in total. The van der Waals surface area contributed by atoms with Crippen molar-refractivity contribution in [1.29, 1.82) is 0 Å². The normalized spacial score (nSPS) is 26.3. The number of carbonyl (C=O) groups excluding carboxylic acids is 2. The Bertz CT molecular complexity index is 1590. The third-order valence-corrected chi connectivity index (χ3v) is 9.82. The molecule has 0 aromatic heterocycles. The molecule has 1 saturated carbocycles. The molecule has 238 valence electrons. The predicted octanol–water partition coefficient (Wildman–Crippen LogP) is 5.43. The Morgan fingerprint density at radius 2 is 1.93 bits per heavy atom. The molecule has 2 bridgehead atoms. The molecule has 0 unspecified atom stereocenters. The molecule has 10 heteroatoms. The quantitative estimate of drug-likeness (QED) is 0.263. The van der Waals surface area contributed by atoms with E-state index in [1.54, 1.807) is 11.0 Å². The van der Waals surface area contributed by atoms with Crippen LogP contribution >= 0.6 is 0 Å². The van der Waals surface area contributed by atoms with Crippen molar-refractivity contribution < 1.29 is 37.3 Å². The predicted molar refractivity (Wildman–Crippen MR) is 160 cm³/mol. The van der Waals surface area contributed by atoms with Gasteiger partial charge in [-0.15, -0.1) is 0 Å². The summed E-state index contributed by atoms with van der Waals surface area (Å²) in [7, 11) is 0. The lowest BCUT2D eigenvalue weighted by atomic mass is 9.51. The van der Waals surface area contributed by atoms with Crippen LogP contribution in [0.2, 0.25) is 0 Å². The van der Waals surface area contributed by atoms with Crippen LogP contribution in [0.15, 0.2) is 48.7 Å². The highest BCUT2D eigenvalue weighted by Gasteiger charge is 2.66. The SMILES string of the molecule is C=C(CN1CC[C@]23c4c5ccc(O)c4O[C@H]2[C@H](N(CC(C)C)C(=O)C#Cc2ccc(C(F)(F)F)cc2)CC[C@H]3[C@H]1C5)OC(C)=O. The Morgan fingerprint density at radius 3 is 2.60 bits per heavy atom. The van der Waals surface area contributed by atoms with Crippen molar-refractivity contribution in [3.05, 3.63) is 71.0 Å². The number of phenolic OH excluding ortho intramolecular Hbond substituents is 1. The van der Waals surface area contributed by atoms with Gasteiger partial charge in [0.25, 0.3) is 5.91 Å². The third-order valence-electron chi connectivity index (χ3n) is 9.82. The molecule has 2 fully saturated rings. The summed E-state index contributed by atoms with van der Waals surface area (Å²) >= 11 is 0. The Balaban J connectivity index is 1.33. The van der Waals surface area contributed by atoms with E-state index in [1.165, 1.54) is 19.1 Å². The number of piperidine rings is 1. The molecule has 2 aromatic rings. The molecule has 1 spiro atoms. The zero-order chi connectivity index (χ0) is 32.3. The zero-order valence-corrected chi connectivity index (χ0v) is 25.6. The lowest BCUT2D eigenvalue weighted by Crippen LogP contribution is -2.69. The van der Waals surface area contributed by atoms with Crippen LogP contribution in [-0.2, 0) is 32.3 Å². The van der Waals surface area contributed by atoms with Gasteiger partial charge in [0, 0.05) is 42.0 Å². The molecule has 5 atom stereocenters. The Labute approximate surface area is 261 Å². The summed E-state index contributed by atoms with van der Waals surface area (Å²) in [6.07, 6.45) is -1.89. The summed E-state index contributed by atoms with van der Waals surface area (Å²) in [5.74, 6) is 5.96. The van der Waals surface area contributed by atoms with Gasteiger partial charge < -0.3 is 19.5 Å². The molecule has 1 amide bonds. The Kier molecular flexibility index (Phi) is 7.88. The summed E-state index contributed by atoms with van der Waals surface area (Å²) in [6.45, 7) is 10.9. The van der Waals surface area contributed by atoms with Crippen molar-refractivity contribution in [2.75, 3.05) is 19.6 Å². The highest BCUT2D eigenvalue weighted by atomic mass is 19.4. The number of likely N-dealkylation sites (tertiary alicyclic amines) is 1. The first-order valence-corrected chi connectivity index (χ1v) is 15.4. The van der Waals surface area contributed by atoms with E-state index in [-0.39, 0.29) is 29.7 Å².